The van der Waals surface area contributed by atoms with Crippen molar-refractivity contribution in [1.82, 2.24) is 19.9 Å². The lowest BCUT2D eigenvalue weighted by Gasteiger charge is -2.39. The quantitative estimate of drug-likeness (QED) is 0.384. The number of ether oxygens (including phenoxy) is 2. The summed E-state index contributed by atoms with van der Waals surface area (Å²) in [6, 6.07) is 7.87. The smallest absolute Gasteiger partial charge is 0.227 e. The van der Waals surface area contributed by atoms with Crippen molar-refractivity contribution in [1.29, 1.82) is 0 Å². The molecule has 9 nitrogen and oxygen atoms in total. The molecule has 1 saturated heterocycles. The highest BCUT2D eigenvalue weighted by Gasteiger charge is 2.31. The summed E-state index contributed by atoms with van der Waals surface area (Å²) < 4.78 is 17.0. The van der Waals surface area contributed by atoms with Gasteiger partial charge >= 0.3 is 0 Å². The van der Waals surface area contributed by atoms with Crippen molar-refractivity contribution in [2.24, 2.45) is 0 Å². The third-order valence-corrected chi connectivity index (χ3v) is 6.91. The van der Waals surface area contributed by atoms with Crippen molar-refractivity contribution in [3.05, 3.63) is 47.8 Å². The van der Waals surface area contributed by atoms with Gasteiger partial charge in [-0.15, -0.1) is 0 Å². The first-order valence-electron chi connectivity index (χ1n) is 12.1. The van der Waals surface area contributed by atoms with Gasteiger partial charge in [-0.1, -0.05) is 6.07 Å². The van der Waals surface area contributed by atoms with Crippen LogP contribution in [0.25, 0.3) is 22.2 Å². The Bertz CT molecular complexity index is 1410. The van der Waals surface area contributed by atoms with E-state index in [1.807, 2.05) is 51.2 Å². The van der Waals surface area contributed by atoms with Crippen molar-refractivity contribution in [2.45, 2.75) is 46.1 Å². The highest BCUT2D eigenvalue weighted by molar-refractivity contribution is 5.89. The van der Waals surface area contributed by atoms with E-state index in [2.05, 4.69) is 27.1 Å². The van der Waals surface area contributed by atoms with Crippen LogP contribution in [-0.2, 0) is 4.74 Å². The Morgan fingerprint density at radius 1 is 1.03 bits per heavy atom. The zero-order chi connectivity index (χ0) is 25.4. The number of rotatable bonds is 6. The van der Waals surface area contributed by atoms with Gasteiger partial charge < -0.3 is 24.1 Å². The molecular formula is C27H32N6O3. The number of nitrogens with zero attached hydrogens (tertiary/aromatic N) is 5. The molecule has 0 unspecified atom stereocenters. The highest BCUT2D eigenvalue weighted by atomic mass is 16.5. The highest BCUT2D eigenvalue weighted by Crippen LogP contribution is 2.35. The van der Waals surface area contributed by atoms with Gasteiger partial charge in [-0.25, -0.2) is 19.9 Å². The zero-order valence-corrected chi connectivity index (χ0v) is 21.7. The number of hydrogen-bond acceptors (Lipinski definition) is 9. The molecule has 4 heterocycles. The average Bonchev–Trinajstić information content (AvgIpc) is 3.22. The lowest BCUT2D eigenvalue weighted by molar-refractivity contribution is -0.0133. The number of aromatic nitrogens is 4. The Morgan fingerprint density at radius 2 is 1.81 bits per heavy atom. The first-order chi connectivity index (χ1) is 17.3. The number of hydrogen-bond donors (Lipinski definition) is 1. The fourth-order valence-corrected chi connectivity index (χ4v) is 4.69. The van der Waals surface area contributed by atoms with Gasteiger partial charge in [-0.3, -0.25) is 0 Å². The van der Waals surface area contributed by atoms with Crippen molar-refractivity contribution in [3.8, 4) is 17.0 Å². The molecule has 9 heteroatoms. The molecule has 36 heavy (non-hydrogen) atoms. The van der Waals surface area contributed by atoms with Crippen LogP contribution in [0.5, 0.6) is 5.75 Å². The second-order valence-electron chi connectivity index (χ2n) is 9.54. The summed E-state index contributed by atoms with van der Waals surface area (Å²) in [6.07, 6.45) is 3.71. The van der Waals surface area contributed by atoms with Crippen molar-refractivity contribution >= 4 is 28.4 Å². The molecule has 188 valence electrons. The maximum absolute atomic E-state index is 5.72. The maximum atomic E-state index is 5.72. The van der Waals surface area contributed by atoms with E-state index in [9.17, 15) is 0 Å². The van der Waals surface area contributed by atoms with E-state index >= 15 is 0 Å². The van der Waals surface area contributed by atoms with E-state index in [1.165, 1.54) is 0 Å². The Balaban J connectivity index is 1.46. The molecule has 3 aromatic heterocycles. The van der Waals surface area contributed by atoms with Crippen LogP contribution in [0, 0.1) is 20.8 Å². The van der Waals surface area contributed by atoms with Gasteiger partial charge in [0.1, 0.15) is 22.7 Å². The standard InChI is InChI=1S/C27H32N6O3/c1-16-13-20-15-28-26(32-24(20)25(29-16)33-11-9-27(4,35-6)10-12-33)31-21-8-7-19(14-22(21)34-5)23-17(2)36-18(3)30-23/h7-8,13-15H,9-12H2,1-6H3,(H,28,31,32). The summed E-state index contributed by atoms with van der Waals surface area (Å²) in [5.74, 6) is 3.43. The molecule has 1 aromatic carbocycles. The van der Waals surface area contributed by atoms with E-state index < -0.39 is 0 Å². The van der Waals surface area contributed by atoms with Gasteiger partial charge in [0, 0.05) is 50.0 Å². The topological polar surface area (TPSA) is 98.4 Å². The SMILES string of the molecule is COc1cc(-c2nc(C)oc2C)ccc1Nc1ncc2cc(C)nc(N3CCC(C)(OC)CC3)c2n1. The van der Waals surface area contributed by atoms with Crippen LogP contribution in [0.1, 0.15) is 37.1 Å². The van der Waals surface area contributed by atoms with Crippen LogP contribution in [0.4, 0.5) is 17.5 Å². The van der Waals surface area contributed by atoms with E-state index in [0.29, 0.717) is 17.6 Å². The predicted molar refractivity (Wildman–Crippen MR) is 140 cm³/mol. The summed E-state index contributed by atoms with van der Waals surface area (Å²) in [5.41, 5.74) is 4.15. The predicted octanol–water partition coefficient (Wildman–Crippen LogP) is 5.36. The average molecular weight is 489 g/mol. The molecule has 0 amide bonds. The first kappa shape index (κ1) is 24.0. The van der Waals surface area contributed by atoms with Gasteiger partial charge in [0.15, 0.2) is 11.7 Å². The molecule has 5 rings (SSSR count). The molecule has 1 N–H and O–H groups in total. The summed E-state index contributed by atoms with van der Waals surface area (Å²) in [7, 11) is 3.43. The number of oxazole rings is 1. The summed E-state index contributed by atoms with van der Waals surface area (Å²) in [5, 5.41) is 4.28. The minimum absolute atomic E-state index is 0.0935. The lowest BCUT2D eigenvalue weighted by atomic mass is 9.93. The van der Waals surface area contributed by atoms with E-state index in [1.54, 1.807) is 14.2 Å². The van der Waals surface area contributed by atoms with Gasteiger partial charge in [-0.05, 0) is 51.8 Å². The van der Waals surface area contributed by atoms with Crippen LogP contribution < -0.4 is 15.0 Å². The van der Waals surface area contributed by atoms with Crippen LogP contribution >= 0.6 is 0 Å². The molecule has 0 spiro atoms. The number of piperidine rings is 1. The Morgan fingerprint density at radius 3 is 2.47 bits per heavy atom. The van der Waals surface area contributed by atoms with Gasteiger partial charge in [-0.2, -0.15) is 0 Å². The van der Waals surface area contributed by atoms with E-state index in [4.69, 9.17) is 23.9 Å². The fraction of sp³-hybridized carbons (Fsp3) is 0.407. The van der Waals surface area contributed by atoms with Gasteiger partial charge in [0.05, 0.1) is 18.4 Å². The molecule has 1 aliphatic rings. The number of pyridine rings is 1. The second-order valence-corrected chi connectivity index (χ2v) is 9.54. The molecule has 0 radical (unpaired) electrons. The number of fused-ring (bicyclic) bond motifs is 1. The molecule has 4 aromatic rings. The maximum Gasteiger partial charge on any atom is 0.227 e. The number of nitrogens with one attached hydrogen (secondary N) is 1. The summed E-state index contributed by atoms with van der Waals surface area (Å²) in [6.45, 7) is 9.63. The minimum atomic E-state index is -0.0935. The largest absolute Gasteiger partial charge is 0.495 e. The normalized spacial score (nSPS) is 15.3. The van der Waals surface area contributed by atoms with Crippen LogP contribution in [-0.4, -0.2) is 52.8 Å². The number of methoxy groups -OCH3 is 2. The first-order valence-corrected chi connectivity index (χ1v) is 12.1. The van der Waals surface area contributed by atoms with Gasteiger partial charge in [0.2, 0.25) is 5.95 Å². The third-order valence-electron chi connectivity index (χ3n) is 6.91. The summed E-state index contributed by atoms with van der Waals surface area (Å²) in [4.78, 5) is 21.1. The number of aryl methyl sites for hydroxylation is 3. The van der Waals surface area contributed by atoms with Crippen LogP contribution in [0.2, 0.25) is 0 Å². The second kappa shape index (κ2) is 9.39. The Hall–Kier alpha value is -3.72. The molecule has 1 fully saturated rings. The molecule has 0 atom stereocenters. The van der Waals surface area contributed by atoms with E-state index in [-0.39, 0.29) is 5.60 Å². The molecule has 1 aliphatic heterocycles. The molecule has 0 saturated carbocycles. The Kier molecular flexibility index (Phi) is 6.26. The van der Waals surface area contributed by atoms with Crippen LogP contribution in [0.3, 0.4) is 0 Å². The molecular weight excluding hydrogens is 456 g/mol. The fourth-order valence-electron chi connectivity index (χ4n) is 4.69. The van der Waals surface area contributed by atoms with Crippen molar-refractivity contribution in [2.75, 3.05) is 37.5 Å². The van der Waals surface area contributed by atoms with Crippen molar-refractivity contribution < 1.29 is 13.9 Å². The third kappa shape index (κ3) is 4.58. The minimum Gasteiger partial charge on any atom is -0.495 e. The van der Waals surface area contributed by atoms with Crippen molar-refractivity contribution in [3.63, 3.8) is 0 Å². The van der Waals surface area contributed by atoms with Crippen LogP contribution in [0.15, 0.2) is 34.9 Å². The number of anilines is 3. The monoisotopic (exact) mass is 488 g/mol. The number of benzene rings is 1. The van der Waals surface area contributed by atoms with E-state index in [0.717, 1.165) is 71.1 Å². The van der Waals surface area contributed by atoms with Gasteiger partial charge in [0.25, 0.3) is 0 Å². The molecule has 0 bridgehead atoms. The Labute approximate surface area is 210 Å². The zero-order valence-electron chi connectivity index (χ0n) is 21.7. The summed E-state index contributed by atoms with van der Waals surface area (Å²) >= 11 is 0. The molecule has 0 aliphatic carbocycles. The lowest BCUT2D eigenvalue weighted by Crippen LogP contribution is -2.44.